The van der Waals surface area contributed by atoms with E-state index in [1.807, 2.05) is 26.0 Å². The van der Waals surface area contributed by atoms with E-state index in [4.69, 9.17) is 0 Å². The molecule has 1 unspecified atom stereocenters. The highest BCUT2D eigenvalue weighted by Gasteiger charge is 2.16. The molecule has 1 N–H and O–H groups in total. The third kappa shape index (κ3) is 5.70. The van der Waals surface area contributed by atoms with Crippen LogP contribution < -0.4 is 5.32 Å². The Morgan fingerprint density at radius 1 is 1.00 bits per heavy atom. The highest BCUT2D eigenvalue weighted by molar-refractivity contribution is 6.05. The van der Waals surface area contributed by atoms with Gasteiger partial charge in [0.25, 0.3) is 11.8 Å². The van der Waals surface area contributed by atoms with Crippen LogP contribution in [0.5, 0.6) is 0 Å². The second kappa shape index (κ2) is 10.4. The van der Waals surface area contributed by atoms with Crippen LogP contribution in [-0.4, -0.2) is 47.8 Å². The summed E-state index contributed by atoms with van der Waals surface area (Å²) in [5.41, 5.74) is 3.18. The van der Waals surface area contributed by atoms with Crippen LogP contribution in [-0.2, 0) is 6.54 Å². The van der Waals surface area contributed by atoms with Gasteiger partial charge < -0.3 is 10.2 Å². The molecular formula is C25H33N3O2. The molecule has 1 aliphatic heterocycles. The van der Waals surface area contributed by atoms with Crippen molar-refractivity contribution in [2.75, 3.05) is 31.5 Å². The van der Waals surface area contributed by atoms with Gasteiger partial charge in [-0.15, -0.1) is 0 Å². The first kappa shape index (κ1) is 22.0. The third-order valence-corrected chi connectivity index (χ3v) is 5.80. The molecule has 0 aliphatic carbocycles. The summed E-state index contributed by atoms with van der Waals surface area (Å²) in [5, 5.41) is 2.94. The van der Waals surface area contributed by atoms with Crippen molar-refractivity contribution in [1.82, 2.24) is 9.80 Å². The van der Waals surface area contributed by atoms with Crippen molar-refractivity contribution < 1.29 is 9.59 Å². The van der Waals surface area contributed by atoms with Gasteiger partial charge in [0.05, 0.1) is 0 Å². The molecule has 0 bridgehead atoms. The molecule has 5 heteroatoms. The Kier molecular flexibility index (Phi) is 7.63. The number of carbonyl (C=O) groups is 2. The molecule has 1 saturated heterocycles. The van der Waals surface area contributed by atoms with Crippen LogP contribution in [0.15, 0.2) is 48.5 Å². The molecule has 0 spiro atoms. The lowest BCUT2D eigenvalue weighted by molar-refractivity contribution is 0.0772. The molecule has 2 aromatic carbocycles. The van der Waals surface area contributed by atoms with Crippen LogP contribution in [0.1, 0.15) is 59.9 Å². The van der Waals surface area contributed by atoms with Crippen molar-refractivity contribution in [3.05, 3.63) is 65.2 Å². The first-order chi connectivity index (χ1) is 14.5. The van der Waals surface area contributed by atoms with Gasteiger partial charge >= 0.3 is 0 Å². The maximum Gasteiger partial charge on any atom is 0.255 e. The van der Waals surface area contributed by atoms with Crippen LogP contribution >= 0.6 is 0 Å². The Balaban J connectivity index is 1.57. The van der Waals surface area contributed by atoms with Gasteiger partial charge in [-0.25, -0.2) is 0 Å². The minimum atomic E-state index is -0.172. The number of likely N-dealkylation sites (tertiary alicyclic amines) is 1. The Hall–Kier alpha value is -2.66. The van der Waals surface area contributed by atoms with E-state index in [-0.39, 0.29) is 11.8 Å². The lowest BCUT2D eigenvalue weighted by atomic mass is 10.00. The maximum absolute atomic E-state index is 12.6. The second-order valence-electron chi connectivity index (χ2n) is 8.19. The van der Waals surface area contributed by atoms with Gasteiger partial charge in [0.2, 0.25) is 0 Å². The number of anilines is 1. The van der Waals surface area contributed by atoms with Crippen LogP contribution in [0.2, 0.25) is 0 Å². The van der Waals surface area contributed by atoms with Crippen LogP contribution in [0.4, 0.5) is 5.69 Å². The topological polar surface area (TPSA) is 52.7 Å². The predicted molar refractivity (Wildman–Crippen MR) is 122 cm³/mol. The quantitative estimate of drug-likeness (QED) is 0.727. The van der Waals surface area contributed by atoms with Crippen molar-refractivity contribution >= 4 is 17.5 Å². The summed E-state index contributed by atoms with van der Waals surface area (Å²) in [6.45, 7) is 10.9. The van der Waals surface area contributed by atoms with E-state index in [0.717, 1.165) is 31.2 Å². The molecule has 1 heterocycles. The molecule has 2 aromatic rings. The minimum absolute atomic E-state index is 0.00866. The number of rotatable bonds is 7. The number of piperidine rings is 1. The summed E-state index contributed by atoms with van der Waals surface area (Å²) in [4.78, 5) is 29.2. The molecule has 0 aromatic heterocycles. The molecule has 1 atom stereocenters. The fraction of sp³-hybridized carbons (Fsp3) is 0.440. The van der Waals surface area contributed by atoms with Gasteiger partial charge in [0.1, 0.15) is 0 Å². The minimum Gasteiger partial charge on any atom is -0.339 e. The fourth-order valence-electron chi connectivity index (χ4n) is 4.04. The highest BCUT2D eigenvalue weighted by Crippen LogP contribution is 2.19. The molecule has 160 valence electrons. The van der Waals surface area contributed by atoms with Crippen molar-refractivity contribution in [3.63, 3.8) is 0 Å². The molecule has 2 amide bonds. The van der Waals surface area contributed by atoms with E-state index < -0.39 is 0 Å². The van der Waals surface area contributed by atoms with Crippen molar-refractivity contribution in [1.29, 1.82) is 0 Å². The van der Waals surface area contributed by atoms with Crippen molar-refractivity contribution in [2.45, 2.75) is 40.2 Å². The number of carbonyl (C=O) groups excluding carboxylic acids is 2. The number of benzene rings is 2. The zero-order chi connectivity index (χ0) is 21.5. The second-order valence-corrected chi connectivity index (χ2v) is 8.19. The first-order valence-electron chi connectivity index (χ1n) is 11.0. The van der Waals surface area contributed by atoms with Gasteiger partial charge in [0, 0.05) is 43.0 Å². The lowest BCUT2D eigenvalue weighted by Gasteiger charge is -2.30. The Bertz CT molecular complexity index is 842. The summed E-state index contributed by atoms with van der Waals surface area (Å²) in [5.74, 6) is 0.589. The molecule has 1 aliphatic rings. The molecule has 0 saturated carbocycles. The number of hydrogen-bond donors (Lipinski definition) is 1. The smallest absolute Gasteiger partial charge is 0.255 e. The van der Waals surface area contributed by atoms with Gasteiger partial charge in [-0.2, -0.15) is 0 Å². The summed E-state index contributed by atoms with van der Waals surface area (Å²) in [6.07, 6.45) is 2.60. The number of hydrogen-bond acceptors (Lipinski definition) is 3. The third-order valence-electron chi connectivity index (χ3n) is 5.80. The van der Waals surface area contributed by atoms with Crippen molar-refractivity contribution in [3.8, 4) is 0 Å². The van der Waals surface area contributed by atoms with Gasteiger partial charge in [0.15, 0.2) is 0 Å². The number of amides is 2. The SMILES string of the molecule is CCN(CC)C(=O)c1ccc(C(=O)Nc2ccc(CN3CCCC(C)C3)cc2)cc1. The predicted octanol–water partition coefficient (Wildman–Crippen LogP) is 4.65. The zero-order valence-electron chi connectivity index (χ0n) is 18.4. The van der Waals surface area contributed by atoms with E-state index in [1.54, 1.807) is 29.2 Å². The first-order valence-corrected chi connectivity index (χ1v) is 11.0. The molecule has 0 radical (unpaired) electrons. The molecule has 30 heavy (non-hydrogen) atoms. The van der Waals surface area contributed by atoms with E-state index in [0.29, 0.717) is 24.2 Å². The fourth-order valence-corrected chi connectivity index (χ4v) is 4.04. The summed E-state index contributed by atoms with van der Waals surface area (Å²) < 4.78 is 0. The Morgan fingerprint density at radius 2 is 1.63 bits per heavy atom. The molecule has 3 rings (SSSR count). The normalized spacial score (nSPS) is 16.8. The number of nitrogens with zero attached hydrogens (tertiary/aromatic N) is 2. The van der Waals surface area contributed by atoms with Crippen molar-refractivity contribution in [2.24, 2.45) is 5.92 Å². The Labute approximate surface area is 180 Å². The van der Waals surface area contributed by atoms with Gasteiger partial charge in [-0.1, -0.05) is 19.1 Å². The standard InChI is InChI=1S/C25H33N3O2/c1-4-28(5-2)25(30)22-12-10-21(11-13-22)24(29)26-23-14-8-20(9-15-23)18-27-16-6-7-19(3)17-27/h8-15,19H,4-7,16-18H2,1-3H3,(H,26,29). The summed E-state index contributed by atoms with van der Waals surface area (Å²) in [6, 6.07) is 14.9. The average Bonchev–Trinajstić information content (AvgIpc) is 2.76. The van der Waals surface area contributed by atoms with Crippen LogP contribution in [0.25, 0.3) is 0 Å². The zero-order valence-corrected chi connectivity index (χ0v) is 18.4. The summed E-state index contributed by atoms with van der Waals surface area (Å²) >= 11 is 0. The number of nitrogens with one attached hydrogen (secondary N) is 1. The lowest BCUT2D eigenvalue weighted by Crippen LogP contribution is -2.33. The largest absolute Gasteiger partial charge is 0.339 e. The molecule has 1 fully saturated rings. The molecular weight excluding hydrogens is 374 g/mol. The van der Waals surface area contributed by atoms with E-state index >= 15 is 0 Å². The monoisotopic (exact) mass is 407 g/mol. The van der Waals surface area contributed by atoms with Gasteiger partial charge in [-0.3, -0.25) is 14.5 Å². The van der Waals surface area contributed by atoms with E-state index in [9.17, 15) is 9.59 Å². The highest BCUT2D eigenvalue weighted by atomic mass is 16.2. The Morgan fingerprint density at radius 3 is 2.23 bits per heavy atom. The summed E-state index contributed by atoms with van der Waals surface area (Å²) in [7, 11) is 0. The van der Waals surface area contributed by atoms with Gasteiger partial charge in [-0.05, 0) is 81.1 Å². The van der Waals surface area contributed by atoms with Crippen LogP contribution in [0, 0.1) is 5.92 Å². The maximum atomic E-state index is 12.6. The van der Waals surface area contributed by atoms with E-state index in [1.165, 1.54) is 18.4 Å². The van der Waals surface area contributed by atoms with Crippen LogP contribution in [0.3, 0.4) is 0 Å². The van der Waals surface area contributed by atoms with E-state index in [2.05, 4.69) is 29.3 Å². The average molecular weight is 408 g/mol. The molecule has 5 nitrogen and oxygen atoms in total.